The number of rotatable bonds is 9. The van der Waals surface area contributed by atoms with Gasteiger partial charge in [-0.3, -0.25) is 10.6 Å². The van der Waals surface area contributed by atoms with Gasteiger partial charge in [-0.25, -0.2) is 19.6 Å². The summed E-state index contributed by atoms with van der Waals surface area (Å²) in [6.07, 6.45) is 3.75. The number of imidazole rings is 2. The van der Waals surface area contributed by atoms with Gasteiger partial charge in [0.05, 0.1) is 39.6 Å². The van der Waals surface area contributed by atoms with E-state index in [4.69, 9.17) is 29.9 Å². The Labute approximate surface area is 159 Å². The molecule has 0 saturated heterocycles. The SMILES string of the molecule is O=C(O)Nc1ncc[nH]1.O=C(O)Nc1ncc[nH]1.OCCOCCOCCO. The number of ether oxygens (including phenoxy) is 2. The van der Waals surface area contributed by atoms with Crippen LogP contribution in [-0.2, 0) is 9.47 Å². The highest BCUT2D eigenvalue weighted by Crippen LogP contribution is 1.93. The topological polar surface area (TPSA) is 215 Å². The zero-order valence-electron chi connectivity index (χ0n) is 14.9. The zero-order valence-corrected chi connectivity index (χ0v) is 14.9. The maximum absolute atomic E-state index is 9.90. The molecule has 0 spiro atoms. The molecule has 14 nitrogen and oxygen atoms in total. The van der Waals surface area contributed by atoms with Crippen molar-refractivity contribution < 1.29 is 39.5 Å². The lowest BCUT2D eigenvalue weighted by molar-refractivity contribution is 0.0222. The predicted molar refractivity (Wildman–Crippen MR) is 96.3 cm³/mol. The first kappa shape index (κ1) is 24.8. The van der Waals surface area contributed by atoms with E-state index in [9.17, 15) is 9.59 Å². The molecule has 2 rings (SSSR count). The molecular formula is C14H24N6O8. The van der Waals surface area contributed by atoms with Crippen LogP contribution in [0.2, 0.25) is 0 Å². The van der Waals surface area contributed by atoms with E-state index >= 15 is 0 Å². The second kappa shape index (κ2) is 17.2. The maximum atomic E-state index is 9.90. The molecule has 0 aliphatic rings. The monoisotopic (exact) mass is 404 g/mol. The number of carboxylic acid groups (broad SMARTS) is 2. The summed E-state index contributed by atoms with van der Waals surface area (Å²) in [5.74, 6) is 0.477. The minimum atomic E-state index is -1.12. The van der Waals surface area contributed by atoms with Gasteiger partial charge >= 0.3 is 12.2 Å². The van der Waals surface area contributed by atoms with Gasteiger partial charge in [-0.15, -0.1) is 0 Å². The number of amides is 2. The molecule has 2 aromatic heterocycles. The molecule has 14 heteroatoms. The van der Waals surface area contributed by atoms with Crippen LogP contribution >= 0.6 is 0 Å². The average molecular weight is 404 g/mol. The maximum Gasteiger partial charge on any atom is 0.411 e. The minimum Gasteiger partial charge on any atom is -0.465 e. The molecule has 0 aliphatic carbocycles. The van der Waals surface area contributed by atoms with Gasteiger partial charge in [0.15, 0.2) is 0 Å². The van der Waals surface area contributed by atoms with Gasteiger partial charge in [-0.05, 0) is 0 Å². The largest absolute Gasteiger partial charge is 0.465 e. The quantitative estimate of drug-likeness (QED) is 0.262. The van der Waals surface area contributed by atoms with Gasteiger partial charge in [0.2, 0.25) is 11.9 Å². The molecule has 0 bridgehead atoms. The summed E-state index contributed by atoms with van der Waals surface area (Å²) in [5, 5.41) is 36.8. The van der Waals surface area contributed by atoms with E-state index in [2.05, 4.69) is 19.9 Å². The van der Waals surface area contributed by atoms with Crippen molar-refractivity contribution in [2.24, 2.45) is 0 Å². The van der Waals surface area contributed by atoms with Crippen LogP contribution in [0.1, 0.15) is 0 Å². The first-order chi connectivity index (χ1) is 13.5. The summed E-state index contributed by atoms with van der Waals surface area (Å²) in [7, 11) is 0. The van der Waals surface area contributed by atoms with E-state index in [1.54, 1.807) is 0 Å². The Bertz CT molecular complexity index is 553. The fraction of sp³-hybridized carbons (Fsp3) is 0.429. The third-order valence-electron chi connectivity index (χ3n) is 2.29. The summed E-state index contributed by atoms with van der Waals surface area (Å²) in [6, 6.07) is 0. The number of carbonyl (C=O) groups is 2. The second-order valence-corrected chi connectivity index (χ2v) is 4.41. The van der Waals surface area contributed by atoms with E-state index < -0.39 is 12.2 Å². The van der Waals surface area contributed by atoms with Crippen LogP contribution in [0.5, 0.6) is 0 Å². The van der Waals surface area contributed by atoms with Gasteiger partial charge < -0.3 is 39.9 Å². The van der Waals surface area contributed by atoms with Gasteiger partial charge in [-0.1, -0.05) is 0 Å². The predicted octanol–water partition coefficient (Wildman–Crippen LogP) is 0.00340. The Morgan fingerprint density at radius 2 is 1.21 bits per heavy atom. The number of hydrogen-bond acceptors (Lipinski definition) is 8. The number of H-pyrrole nitrogens is 2. The van der Waals surface area contributed by atoms with Crippen molar-refractivity contribution in [1.82, 2.24) is 19.9 Å². The molecule has 0 aliphatic heterocycles. The van der Waals surface area contributed by atoms with Gasteiger partial charge in [0.25, 0.3) is 0 Å². The molecule has 2 aromatic rings. The van der Waals surface area contributed by atoms with E-state index in [1.807, 2.05) is 10.6 Å². The first-order valence-electron chi connectivity index (χ1n) is 7.85. The van der Waals surface area contributed by atoms with Gasteiger partial charge in [-0.2, -0.15) is 0 Å². The smallest absolute Gasteiger partial charge is 0.411 e. The highest BCUT2D eigenvalue weighted by atomic mass is 16.5. The number of nitrogens with zero attached hydrogens (tertiary/aromatic N) is 2. The minimum absolute atomic E-state index is 0.0417. The van der Waals surface area contributed by atoms with Crippen molar-refractivity contribution in [3.05, 3.63) is 24.8 Å². The average Bonchev–Trinajstić information content (AvgIpc) is 3.32. The first-order valence-corrected chi connectivity index (χ1v) is 7.85. The van der Waals surface area contributed by atoms with Crippen molar-refractivity contribution in [3.8, 4) is 0 Å². The molecule has 0 saturated carbocycles. The molecule has 0 fully saturated rings. The number of aromatic amines is 2. The Morgan fingerprint density at radius 3 is 1.46 bits per heavy atom. The van der Waals surface area contributed by atoms with Crippen molar-refractivity contribution in [1.29, 1.82) is 0 Å². The molecule has 158 valence electrons. The lowest BCUT2D eigenvalue weighted by atomic mass is 10.7. The number of aromatic nitrogens is 4. The fourth-order valence-corrected chi connectivity index (χ4v) is 1.32. The molecule has 2 heterocycles. The molecule has 8 N–H and O–H groups in total. The summed E-state index contributed by atoms with van der Waals surface area (Å²) >= 11 is 0. The van der Waals surface area contributed by atoms with Crippen LogP contribution in [0.25, 0.3) is 0 Å². The van der Waals surface area contributed by atoms with Crippen LogP contribution in [-0.4, -0.2) is 92.2 Å². The van der Waals surface area contributed by atoms with Crippen molar-refractivity contribution >= 4 is 24.1 Å². The third-order valence-corrected chi connectivity index (χ3v) is 2.29. The zero-order chi connectivity index (χ0) is 21.0. The molecular weight excluding hydrogens is 380 g/mol. The van der Waals surface area contributed by atoms with Gasteiger partial charge in [0.1, 0.15) is 0 Å². The molecule has 28 heavy (non-hydrogen) atoms. The highest BCUT2D eigenvalue weighted by Gasteiger charge is 1.96. The molecule has 2 amide bonds. The van der Waals surface area contributed by atoms with E-state index in [-0.39, 0.29) is 25.1 Å². The van der Waals surface area contributed by atoms with Crippen molar-refractivity contribution in [2.45, 2.75) is 0 Å². The standard InChI is InChI=1S/C6H14O4.2C4H5N3O2/c7-1-3-9-5-6-10-4-2-8;2*8-4(9)7-3-5-1-2-6-3/h7-8H,1-6H2;2*1-2H,(H,8,9)(H2,5,6,7). The van der Waals surface area contributed by atoms with Gasteiger partial charge in [0, 0.05) is 24.8 Å². The highest BCUT2D eigenvalue weighted by molar-refractivity contribution is 5.80. The Morgan fingerprint density at radius 1 is 0.821 bits per heavy atom. The van der Waals surface area contributed by atoms with Crippen LogP contribution in [0, 0.1) is 0 Å². The molecule has 0 aromatic carbocycles. The molecule has 0 unspecified atom stereocenters. The van der Waals surface area contributed by atoms with E-state index in [0.29, 0.717) is 26.4 Å². The normalized spacial score (nSPS) is 9.36. The summed E-state index contributed by atoms with van der Waals surface area (Å²) in [6.45, 7) is 1.73. The van der Waals surface area contributed by atoms with Crippen LogP contribution in [0.4, 0.5) is 21.5 Å². The Kier molecular flexibility index (Phi) is 15.3. The number of aliphatic hydroxyl groups is 2. The Hall–Kier alpha value is -3.20. The van der Waals surface area contributed by atoms with Crippen LogP contribution in [0.15, 0.2) is 24.8 Å². The summed E-state index contributed by atoms with van der Waals surface area (Å²) < 4.78 is 9.75. The number of hydrogen-bond donors (Lipinski definition) is 8. The van der Waals surface area contributed by atoms with Crippen molar-refractivity contribution in [2.75, 3.05) is 50.3 Å². The Balaban J connectivity index is 0.000000391. The summed E-state index contributed by atoms with van der Waals surface area (Å²) in [5.41, 5.74) is 0. The molecule has 0 radical (unpaired) electrons. The fourth-order valence-electron chi connectivity index (χ4n) is 1.32. The second-order valence-electron chi connectivity index (χ2n) is 4.41. The number of aliphatic hydroxyl groups excluding tert-OH is 2. The van der Waals surface area contributed by atoms with Crippen LogP contribution < -0.4 is 10.6 Å². The number of anilines is 2. The third kappa shape index (κ3) is 16.3. The number of nitrogens with one attached hydrogen (secondary N) is 4. The lowest BCUT2D eigenvalue weighted by Crippen LogP contribution is -2.09. The van der Waals surface area contributed by atoms with E-state index in [0.717, 1.165) is 0 Å². The van der Waals surface area contributed by atoms with Crippen LogP contribution in [0.3, 0.4) is 0 Å². The summed E-state index contributed by atoms with van der Waals surface area (Å²) in [4.78, 5) is 32.1. The molecule has 0 atom stereocenters. The van der Waals surface area contributed by atoms with Crippen molar-refractivity contribution in [3.63, 3.8) is 0 Å². The van der Waals surface area contributed by atoms with E-state index in [1.165, 1.54) is 24.8 Å². The lowest BCUT2D eigenvalue weighted by Gasteiger charge is -2.01.